The van der Waals surface area contributed by atoms with Crippen LogP contribution in [0.15, 0.2) is 0 Å². The molecular formula is C17H26N2O3S. The van der Waals surface area contributed by atoms with Crippen molar-refractivity contribution in [2.24, 2.45) is 11.8 Å². The van der Waals surface area contributed by atoms with Crippen LogP contribution in [0.5, 0.6) is 0 Å². The predicted molar refractivity (Wildman–Crippen MR) is 90.9 cm³/mol. The van der Waals surface area contributed by atoms with Gasteiger partial charge in [0.25, 0.3) is 5.91 Å². The van der Waals surface area contributed by atoms with Gasteiger partial charge in [-0.3, -0.25) is 9.59 Å². The lowest BCUT2D eigenvalue weighted by atomic mass is 9.92. The Morgan fingerprint density at radius 1 is 1.35 bits per heavy atom. The number of aromatic nitrogens is 1. The van der Waals surface area contributed by atoms with E-state index < -0.39 is 5.97 Å². The Hall–Kier alpha value is -1.43. The van der Waals surface area contributed by atoms with Crippen LogP contribution < -0.4 is 0 Å². The molecule has 1 N–H and O–H groups in total. The quantitative estimate of drug-likeness (QED) is 0.863. The largest absolute Gasteiger partial charge is 0.481 e. The van der Waals surface area contributed by atoms with Crippen LogP contribution >= 0.6 is 11.3 Å². The number of thiazole rings is 1. The van der Waals surface area contributed by atoms with Crippen molar-refractivity contribution in [1.82, 2.24) is 9.88 Å². The Morgan fingerprint density at radius 2 is 2.00 bits per heavy atom. The fraction of sp³-hybridized carbons (Fsp3) is 0.706. The van der Waals surface area contributed by atoms with Crippen molar-refractivity contribution in [2.45, 2.75) is 52.9 Å². The molecule has 0 aromatic carbocycles. The van der Waals surface area contributed by atoms with E-state index in [-0.39, 0.29) is 12.3 Å². The normalized spacial score (nSPS) is 16.1. The monoisotopic (exact) mass is 338 g/mol. The van der Waals surface area contributed by atoms with Crippen LogP contribution in [0.2, 0.25) is 0 Å². The third kappa shape index (κ3) is 5.03. The molecule has 0 unspecified atom stereocenters. The molecule has 1 aliphatic rings. The average Bonchev–Trinajstić information content (AvgIpc) is 2.84. The SMILES string of the molecule is Cc1nc(CC(C)C)c(C(=O)N2CCC(CCC(=O)O)CC2)s1. The van der Waals surface area contributed by atoms with E-state index in [9.17, 15) is 9.59 Å². The first-order chi connectivity index (χ1) is 10.9. The smallest absolute Gasteiger partial charge is 0.303 e. The minimum atomic E-state index is -0.734. The fourth-order valence-corrected chi connectivity index (χ4v) is 3.97. The van der Waals surface area contributed by atoms with Gasteiger partial charge < -0.3 is 10.0 Å². The highest BCUT2D eigenvalue weighted by Gasteiger charge is 2.27. The van der Waals surface area contributed by atoms with Crippen molar-refractivity contribution in [1.29, 1.82) is 0 Å². The number of carbonyl (C=O) groups is 2. The van der Waals surface area contributed by atoms with Crippen molar-refractivity contribution >= 4 is 23.2 Å². The van der Waals surface area contributed by atoms with E-state index in [1.54, 1.807) is 0 Å². The highest BCUT2D eigenvalue weighted by molar-refractivity contribution is 7.13. The van der Waals surface area contributed by atoms with Crippen molar-refractivity contribution in [2.75, 3.05) is 13.1 Å². The molecule has 1 saturated heterocycles. The molecule has 5 nitrogen and oxygen atoms in total. The van der Waals surface area contributed by atoms with Crippen LogP contribution in [0, 0.1) is 18.8 Å². The molecule has 0 spiro atoms. The van der Waals surface area contributed by atoms with Crippen LogP contribution in [0.1, 0.15) is 59.9 Å². The van der Waals surface area contributed by atoms with Gasteiger partial charge in [0.15, 0.2) is 0 Å². The van der Waals surface area contributed by atoms with Crippen molar-refractivity contribution in [3.05, 3.63) is 15.6 Å². The zero-order valence-electron chi connectivity index (χ0n) is 14.2. The van der Waals surface area contributed by atoms with Gasteiger partial charge in [0.1, 0.15) is 4.88 Å². The number of hydrogen-bond donors (Lipinski definition) is 1. The average molecular weight is 338 g/mol. The Morgan fingerprint density at radius 3 is 2.57 bits per heavy atom. The molecule has 0 bridgehead atoms. The number of carboxylic acid groups (broad SMARTS) is 1. The van der Waals surface area contributed by atoms with E-state index in [0.717, 1.165) is 54.4 Å². The van der Waals surface area contributed by atoms with Gasteiger partial charge in [0, 0.05) is 19.5 Å². The first-order valence-corrected chi connectivity index (χ1v) is 9.15. The standard InChI is InChI=1S/C17H26N2O3S/c1-11(2)10-14-16(23-12(3)18-14)17(22)19-8-6-13(7-9-19)4-5-15(20)21/h11,13H,4-10H2,1-3H3,(H,20,21). The highest BCUT2D eigenvalue weighted by Crippen LogP contribution is 2.27. The molecule has 1 aromatic heterocycles. The summed E-state index contributed by atoms with van der Waals surface area (Å²) in [6.45, 7) is 7.67. The molecule has 1 amide bonds. The van der Waals surface area contributed by atoms with Crippen LogP contribution in [0.3, 0.4) is 0 Å². The number of likely N-dealkylation sites (tertiary alicyclic amines) is 1. The van der Waals surface area contributed by atoms with E-state index in [1.807, 2.05) is 11.8 Å². The number of carboxylic acids is 1. The molecule has 2 rings (SSSR count). The Kier molecular flexibility index (Phi) is 6.16. The number of aryl methyl sites for hydroxylation is 1. The first kappa shape index (κ1) is 17.9. The maximum atomic E-state index is 12.8. The molecule has 1 aliphatic heterocycles. The first-order valence-electron chi connectivity index (χ1n) is 8.34. The van der Waals surface area contributed by atoms with E-state index in [4.69, 9.17) is 5.11 Å². The van der Waals surface area contributed by atoms with Gasteiger partial charge in [-0.1, -0.05) is 13.8 Å². The van der Waals surface area contributed by atoms with E-state index in [2.05, 4.69) is 18.8 Å². The number of hydrogen-bond acceptors (Lipinski definition) is 4. The lowest BCUT2D eigenvalue weighted by molar-refractivity contribution is -0.137. The summed E-state index contributed by atoms with van der Waals surface area (Å²) in [7, 11) is 0. The summed E-state index contributed by atoms with van der Waals surface area (Å²) in [5, 5.41) is 9.71. The molecule has 23 heavy (non-hydrogen) atoms. The van der Waals surface area contributed by atoms with Crippen LogP contribution in [-0.4, -0.2) is 40.0 Å². The third-order valence-electron chi connectivity index (χ3n) is 4.27. The van der Waals surface area contributed by atoms with Gasteiger partial charge >= 0.3 is 5.97 Å². The summed E-state index contributed by atoms with van der Waals surface area (Å²) in [6.07, 6.45) is 3.58. The molecule has 128 valence electrons. The summed E-state index contributed by atoms with van der Waals surface area (Å²) in [5.41, 5.74) is 0.931. The highest BCUT2D eigenvalue weighted by atomic mass is 32.1. The Balaban J connectivity index is 1.96. The van der Waals surface area contributed by atoms with Crippen LogP contribution in [-0.2, 0) is 11.2 Å². The van der Waals surface area contributed by atoms with Gasteiger partial charge in [0.05, 0.1) is 10.7 Å². The molecule has 2 heterocycles. The number of carbonyl (C=O) groups excluding carboxylic acids is 1. The minimum absolute atomic E-state index is 0.0999. The lowest BCUT2D eigenvalue weighted by Crippen LogP contribution is -2.38. The maximum absolute atomic E-state index is 12.8. The van der Waals surface area contributed by atoms with Gasteiger partial charge in [-0.25, -0.2) is 4.98 Å². The third-order valence-corrected chi connectivity index (χ3v) is 5.27. The van der Waals surface area contributed by atoms with Gasteiger partial charge in [0.2, 0.25) is 0 Å². The second-order valence-corrected chi connectivity index (χ2v) is 7.98. The number of rotatable bonds is 6. The predicted octanol–water partition coefficient (Wildman–Crippen LogP) is 3.37. The van der Waals surface area contributed by atoms with Crippen molar-refractivity contribution in [3.63, 3.8) is 0 Å². The van der Waals surface area contributed by atoms with Crippen LogP contribution in [0.4, 0.5) is 0 Å². The Bertz CT molecular complexity index is 560. The summed E-state index contributed by atoms with van der Waals surface area (Å²) < 4.78 is 0. The number of piperidine rings is 1. The molecule has 0 radical (unpaired) electrons. The zero-order chi connectivity index (χ0) is 17.0. The van der Waals surface area contributed by atoms with E-state index in [0.29, 0.717) is 11.8 Å². The molecular weight excluding hydrogens is 312 g/mol. The molecule has 1 fully saturated rings. The fourth-order valence-electron chi connectivity index (χ4n) is 3.06. The van der Waals surface area contributed by atoms with Gasteiger partial charge in [-0.2, -0.15) is 0 Å². The van der Waals surface area contributed by atoms with E-state index >= 15 is 0 Å². The number of amides is 1. The minimum Gasteiger partial charge on any atom is -0.481 e. The topological polar surface area (TPSA) is 70.5 Å². The molecule has 6 heteroatoms. The molecule has 0 atom stereocenters. The lowest BCUT2D eigenvalue weighted by Gasteiger charge is -2.31. The summed E-state index contributed by atoms with van der Waals surface area (Å²) in [5.74, 6) is 0.267. The second kappa shape index (κ2) is 7.90. The molecule has 0 saturated carbocycles. The maximum Gasteiger partial charge on any atom is 0.303 e. The van der Waals surface area contributed by atoms with Gasteiger partial charge in [-0.05, 0) is 44.4 Å². The van der Waals surface area contributed by atoms with Gasteiger partial charge in [-0.15, -0.1) is 11.3 Å². The Labute approximate surface area is 141 Å². The van der Waals surface area contributed by atoms with E-state index in [1.165, 1.54) is 11.3 Å². The van der Waals surface area contributed by atoms with Crippen molar-refractivity contribution < 1.29 is 14.7 Å². The van der Waals surface area contributed by atoms with Crippen molar-refractivity contribution in [3.8, 4) is 0 Å². The summed E-state index contributed by atoms with van der Waals surface area (Å²) in [4.78, 5) is 30.7. The zero-order valence-corrected chi connectivity index (χ0v) is 15.0. The second-order valence-electron chi connectivity index (χ2n) is 6.77. The number of aliphatic carboxylic acids is 1. The molecule has 1 aromatic rings. The summed E-state index contributed by atoms with van der Waals surface area (Å²) in [6, 6.07) is 0. The molecule has 0 aliphatic carbocycles. The summed E-state index contributed by atoms with van der Waals surface area (Å²) >= 11 is 1.49. The van der Waals surface area contributed by atoms with Crippen LogP contribution in [0.25, 0.3) is 0 Å². The number of nitrogens with zero attached hydrogens (tertiary/aromatic N) is 2.